The van der Waals surface area contributed by atoms with Crippen molar-refractivity contribution in [1.29, 1.82) is 10.5 Å². The van der Waals surface area contributed by atoms with Gasteiger partial charge >= 0.3 is 5.97 Å². The van der Waals surface area contributed by atoms with E-state index in [2.05, 4.69) is 10.6 Å². The zero-order chi connectivity index (χ0) is 16.3. The van der Waals surface area contributed by atoms with Crippen LogP contribution in [0.25, 0.3) is 0 Å². The van der Waals surface area contributed by atoms with Crippen LogP contribution in [0.1, 0.15) is 26.2 Å². The Morgan fingerprint density at radius 1 is 1.19 bits per heavy atom. The third-order valence-electron chi connectivity index (χ3n) is 2.44. The van der Waals surface area contributed by atoms with Crippen molar-refractivity contribution >= 4 is 17.8 Å². The molecule has 0 aliphatic carbocycles. The molecule has 21 heavy (non-hydrogen) atoms. The monoisotopic (exact) mass is 292 g/mol. The molecule has 1 unspecified atom stereocenters. The maximum Gasteiger partial charge on any atom is 0.330 e. The number of nitrogens with zero attached hydrogens (tertiary/aromatic N) is 2. The Kier molecular flexibility index (Phi) is 8.62. The number of nitriles is 2. The minimum atomic E-state index is -1.08. The molecular formula is C13H16N4O4. The Morgan fingerprint density at radius 3 is 2.29 bits per heavy atom. The Balaban J connectivity index is 4.62. The molecule has 112 valence electrons. The zero-order valence-electron chi connectivity index (χ0n) is 11.5. The fraction of sp³-hybridized carbons (Fsp3) is 0.462. The van der Waals surface area contributed by atoms with Gasteiger partial charge in [-0.2, -0.15) is 10.5 Å². The van der Waals surface area contributed by atoms with Crippen molar-refractivity contribution in [3.8, 4) is 12.1 Å². The van der Waals surface area contributed by atoms with Gasteiger partial charge in [-0.1, -0.05) is 6.08 Å². The molecule has 8 nitrogen and oxygen atoms in total. The van der Waals surface area contributed by atoms with Gasteiger partial charge in [0.25, 0.3) is 0 Å². The highest BCUT2D eigenvalue weighted by molar-refractivity contribution is 5.85. The smallest absolute Gasteiger partial charge is 0.330 e. The summed E-state index contributed by atoms with van der Waals surface area (Å²) in [4.78, 5) is 33.2. The number of rotatable bonds is 8. The Morgan fingerprint density at radius 2 is 1.76 bits per heavy atom. The van der Waals surface area contributed by atoms with Gasteiger partial charge in [0, 0.05) is 18.2 Å². The maximum absolute atomic E-state index is 11.4. The van der Waals surface area contributed by atoms with Crippen LogP contribution in [0.4, 0.5) is 0 Å². The van der Waals surface area contributed by atoms with E-state index in [0.29, 0.717) is 0 Å². The molecule has 0 rings (SSSR count). The van der Waals surface area contributed by atoms with Crippen LogP contribution in [-0.2, 0) is 14.4 Å². The minimum absolute atomic E-state index is 0.0427. The van der Waals surface area contributed by atoms with Gasteiger partial charge in [0.2, 0.25) is 11.8 Å². The average molecular weight is 292 g/mol. The second-order valence-corrected chi connectivity index (χ2v) is 4.17. The van der Waals surface area contributed by atoms with E-state index in [0.717, 1.165) is 0 Å². The molecule has 0 bridgehead atoms. The normalized spacial score (nSPS) is 11.7. The first kappa shape index (κ1) is 18.1. The van der Waals surface area contributed by atoms with Crippen LogP contribution in [0.5, 0.6) is 0 Å². The number of nitrogens with one attached hydrogen (secondary N) is 2. The van der Waals surface area contributed by atoms with Gasteiger partial charge in [0.15, 0.2) is 0 Å². The topological polar surface area (TPSA) is 143 Å². The third-order valence-corrected chi connectivity index (χ3v) is 2.44. The van der Waals surface area contributed by atoms with Gasteiger partial charge in [-0.25, -0.2) is 4.79 Å². The highest BCUT2D eigenvalue weighted by atomic mass is 16.4. The van der Waals surface area contributed by atoms with Gasteiger partial charge in [0.05, 0.1) is 12.1 Å². The van der Waals surface area contributed by atoms with Crippen LogP contribution in [-0.4, -0.2) is 35.5 Å². The number of amides is 2. The predicted molar refractivity (Wildman–Crippen MR) is 71.4 cm³/mol. The van der Waals surface area contributed by atoms with E-state index in [1.54, 1.807) is 12.1 Å². The molecule has 8 heteroatoms. The number of hydrogen-bond acceptors (Lipinski definition) is 5. The van der Waals surface area contributed by atoms with Crippen LogP contribution in [0.3, 0.4) is 0 Å². The summed E-state index contributed by atoms with van der Waals surface area (Å²) in [7, 11) is 0. The molecule has 0 aromatic rings. The number of carboxylic acids is 1. The molecule has 0 aromatic carbocycles. The van der Waals surface area contributed by atoms with Crippen molar-refractivity contribution in [2.45, 2.75) is 32.2 Å². The fourth-order valence-electron chi connectivity index (χ4n) is 1.32. The summed E-state index contributed by atoms with van der Waals surface area (Å²) < 4.78 is 0. The molecule has 0 saturated carbocycles. The van der Waals surface area contributed by atoms with E-state index in [-0.39, 0.29) is 31.4 Å². The summed E-state index contributed by atoms with van der Waals surface area (Å²) in [5.41, 5.74) is 0.109. The lowest BCUT2D eigenvalue weighted by Gasteiger charge is -2.17. The molecule has 0 aromatic heterocycles. The maximum atomic E-state index is 11.4. The summed E-state index contributed by atoms with van der Waals surface area (Å²) >= 11 is 0. The van der Waals surface area contributed by atoms with Crippen molar-refractivity contribution in [3.63, 3.8) is 0 Å². The van der Waals surface area contributed by atoms with Crippen molar-refractivity contribution in [2.24, 2.45) is 0 Å². The van der Waals surface area contributed by atoms with Gasteiger partial charge in [-0.05, 0) is 13.3 Å². The second-order valence-electron chi connectivity index (χ2n) is 4.17. The summed E-state index contributed by atoms with van der Waals surface area (Å²) in [5.74, 6) is -2.08. The first-order chi connectivity index (χ1) is 9.90. The third kappa shape index (κ3) is 8.78. The van der Waals surface area contributed by atoms with E-state index in [9.17, 15) is 14.4 Å². The van der Waals surface area contributed by atoms with Crippen molar-refractivity contribution in [3.05, 3.63) is 11.6 Å². The molecule has 2 amide bonds. The average Bonchev–Trinajstić information content (AvgIpc) is 2.41. The summed E-state index contributed by atoms with van der Waals surface area (Å²) in [6.07, 6.45) is 0.964. The van der Waals surface area contributed by atoms with E-state index >= 15 is 0 Å². The molecule has 0 aliphatic heterocycles. The molecule has 1 atom stereocenters. The number of hydrogen-bond donors (Lipinski definition) is 3. The van der Waals surface area contributed by atoms with E-state index in [4.69, 9.17) is 15.6 Å². The molecule has 0 saturated heterocycles. The number of carbonyl (C=O) groups is 3. The molecule has 0 spiro atoms. The number of carbonyl (C=O) groups excluding carboxylic acids is 2. The standard InChI is InChI=1S/C13H16N4O4/c1-9(13(20)21)2-3-10(17-12(19)5-7-15)8-16-11(18)4-6-14/h2,10H,3-5,8H2,1H3,(H,16,18)(H,17,19)(H,20,21). The van der Waals surface area contributed by atoms with Crippen molar-refractivity contribution < 1.29 is 19.5 Å². The predicted octanol–water partition coefficient (Wildman–Crippen LogP) is -0.164. The summed E-state index contributed by atoms with van der Waals surface area (Å²) in [5, 5.41) is 30.5. The molecule has 0 radical (unpaired) electrons. The molecule has 0 heterocycles. The minimum Gasteiger partial charge on any atom is -0.478 e. The Labute approximate surface area is 122 Å². The summed E-state index contributed by atoms with van der Waals surface area (Å²) in [6, 6.07) is 2.82. The largest absolute Gasteiger partial charge is 0.478 e. The number of aliphatic carboxylic acids is 1. The molecular weight excluding hydrogens is 276 g/mol. The zero-order valence-corrected chi connectivity index (χ0v) is 11.5. The quantitative estimate of drug-likeness (QED) is 0.530. The highest BCUT2D eigenvalue weighted by Crippen LogP contribution is 2.00. The first-order valence-electron chi connectivity index (χ1n) is 6.10. The molecule has 3 N–H and O–H groups in total. The van der Waals surface area contributed by atoms with Gasteiger partial charge in [-0.15, -0.1) is 0 Å². The fourth-order valence-corrected chi connectivity index (χ4v) is 1.32. The lowest BCUT2D eigenvalue weighted by Crippen LogP contribution is -2.43. The molecule has 0 aliphatic rings. The lowest BCUT2D eigenvalue weighted by molar-refractivity contribution is -0.132. The van der Waals surface area contributed by atoms with Crippen LogP contribution in [0.15, 0.2) is 11.6 Å². The van der Waals surface area contributed by atoms with Crippen LogP contribution in [0.2, 0.25) is 0 Å². The second kappa shape index (κ2) is 9.98. The van der Waals surface area contributed by atoms with Crippen LogP contribution >= 0.6 is 0 Å². The van der Waals surface area contributed by atoms with E-state index in [1.165, 1.54) is 13.0 Å². The summed E-state index contributed by atoms with van der Waals surface area (Å²) in [6.45, 7) is 1.45. The van der Waals surface area contributed by atoms with Gasteiger partial charge in [-0.3, -0.25) is 9.59 Å². The van der Waals surface area contributed by atoms with Crippen molar-refractivity contribution in [2.75, 3.05) is 6.54 Å². The number of carboxylic acid groups (broad SMARTS) is 1. The van der Waals surface area contributed by atoms with Crippen molar-refractivity contribution in [1.82, 2.24) is 10.6 Å². The van der Waals surface area contributed by atoms with Crippen LogP contribution < -0.4 is 10.6 Å². The van der Waals surface area contributed by atoms with Gasteiger partial charge in [0.1, 0.15) is 12.8 Å². The first-order valence-corrected chi connectivity index (χ1v) is 6.10. The van der Waals surface area contributed by atoms with E-state index in [1.807, 2.05) is 0 Å². The molecule has 0 fully saturated rings. The van der Waals surface area contributed by atoms with Gasteiger partial charge < -0.3 is 15.7 Å². The SMILES string of the molecule is CC(=CCC(CNC(=O)CC#N)NC(=O)CC#N)C(=O)O. The van der Waals surface area contributed by atoms with Crippen LogP contribution in [0, 0.1) is 22.7 Å². The Bertz CT molecular complexity index is 513. The Hall–Kier alpha value is -2.87. The lowest BCUT2D eigenvalue weighted by atomic mass is 10.1. The van der Waals surface area contributed by atoms with E-state index < -0.39 is 23.8 Å². The highest BCUT2D eigenvalue weighted by Gasteiger charge is 2.13.